The van der Waals surface area contributed by atoms with Gasteiger partial charge in [0.15, 0.2) is 6.10 Å². The molecule has 0 bridgehead atoms. The lowest BCUT2D eigenvalue weighted by atomic mass is 10.0. The normalized spacial score (nSPS) is 16.2. The minimum atomic E-state index is -4.69. The number of carbonyl (C=O) groups excluding carboxylic acids is 2. The molecule has 6 unspecified atom stereocenters. The van der Waals surface area contributed by atoms with Gasteiger partial charge in [-0.2, -0.15) is 0 Å². The molecule has 13 nitrogen and oxygen atoms in total. The number of esters is 2. The Morgan fingerprint density at radius 2 is 1.12 bits per heavy atom. The quantitative estimate of drug-likeness (QED) is 0.0158. The minimum Gasteiger partial charge on any atom is -0.462 e. The Kier molecular flexibility index (Phi) is 35.2. The van der Waals surface area contributed by atoms with E-state index >= 15 is 0 Å². The fourth-order valence-electron chi connectivity index (χ4n) is 5.12. The molecule has 0 fully saturated rings. The summed E-state index contributed by atoms with van der Waals surface area (Å²) in [5.74, 6) is -1.19. The van der Waals surface area contributed by atoms with E-state index < -0.39 is 76.7 Å². The van der Waals surface area contributed by atoms with E-state index in [1.165, 1.54) is 57.8 Å². The van der Waals surface area contributed by atoms with Gasteiger partial charge in [0.2, 0.25) is 0 Å². The van der Waals surface area contributed by atoms with Gasteiger partial charge >= 0.3 is 19.8 Å². The highest BCUT2D eigenvalue weighted by molar-refractivity contribution is 7.47. The summed E-state index contributed by atoms with van der Waals surface area (Å²) in [5, 5.41) is 48.0. The van der Waals surface area contributed by atoms with Crippen LogP contribution in [0.2, 0.25) is 0 Å². The van der Waals surface area contributed by atoms with Gasteiger partial charge in [0.1, 0.15) is 12.7 Å². The van der Waals surface area contributed by atoms with Crippen molar-refractivity contribution in [3.05, 3.63) is 60.8 Å². The molecule has 324 valence electrons. The van der Waals surface area contributed by atoms with E-state index in [4.69, 9.17) is 19.1 Å². The Labute approximate surface area is 335 Å². The Morgan fingerprint density at radius 3 is 1.71 bits per heavy atom. The summed E-state index contributed by atoms with van der Waals surface area (Å²) in [4.78, 5) is 34.9. The molecular formula is C42H73O13P. The molecule has 14 heteroatoms. The van der Waals surface area contributed by atoms with Crippen molar-refractivity contribution in [3.8, 4) is 0 Å². The van der Waals surface area contributed by atoms with Crippen molar-refractivity contribution >= 4 is 19.8 Å². The summed E-state index contributed by atoms with van der Waals surface area (Å²) in [6.45, 7) is 1.70. The lowest BCUT2D eigenvalue weighted by Gasteiger charge is -2.20. The summed E-state index contributed by atoms with van der Waals surface area (Å²) in [6, 6.07) is 0. The molecule has 0 aromatic carbocycles. The van der Waals surface area contributed by atoms with E-state index in [2.05, 4.69) is 11.4 Å². The second-order valence-corrected chi connectivity index (χ2v) is 15.3. The third kappa shape index (κ3) is 35.9. The van der Waals surface area contributed by atoms with Crippen molar-refractivity contribution in [3.63, 3.8) is 0 Å². The number of aliphatic hydroxyl groups is 5. The highest BCUT2D eigenvalue weighted by Crippen LogP contribution is 2.43. The number of phosphoric acid groups is 1. The van der Waals surface area contributed by atoms with Crippen LogP contribution < -0.4 is 0 Å². The predicted molar refractivity (Wildman–Crippen MR) is 218 cm³/mol. The zero-order valence-corrected chi connectivity index (χ0v) is 34.8. The second kappa shape index (κ2) is 36.9. The molecule has 0 saturated heterocycles. The van der Waals surface area contributed by atoms with Crippen molar-refractivity contribution in [1.82, 2.24) is 0 Å². The maximum Gasteiger partial charge on any atom is 0.472 e. The third-order valence-corrected chi connectivity index (χ3v) is 9.48. The minimum absolute atomic E-state index is 0.0931. The molecule has 0 aromatic heterocycles. The van der Waals surface area contributed by atoms with Crippen LogP contribution in [0.15, 0.2) is 60.8 Å². The monoisotopic (exact) mass is 816 g/mol. The van der Waals surface area contributed by atoms with Crippen LogP contribution >= 0.6 is 7.82 Å². The van der Waals surface area contributed by atoms with Gasteiger partial charge in [0.05, 0.1) is 38.1 Å². The number of rotatable bonds is 37. The number of unbranched alkanes of at least 4 members (excludes halogenated alkanes) is 12. The fourth-order valence-corrected chi connectivity index (χ4v) is 5.91. The van der Waals surface area contributed by atoms with Crippen LogP contribution in [0.25, 0.3) is 0 Å². The lowest BCUT2D eigenvalue weighted by molar-refractivity contribution is -0.161. The SMILES string of the molecule is CCCCCCCCCCCCCCCC(=O)OCC(COP(=O)(O)OCC(O)CO)OC(=O)CCCC(O)/C=C/C=C\C=C\C(O)C/C=C\C=C\C(O)CC. The average molecular weight is 817 g/mol. The standard InChI is InChI=1S/C42H73O13P/c1-3-5-6-7-8-9-10-11-12-13-14-15-23-30-41(48)52-34-40(35-54-56(50,51)53-33-39(47)32-43)55-42(49)31-24-29-38(46)27-20-17-16-19-26-37(45)28-22-18-21-25-36(44)4-2/h16-22,25-27,36-40,43-47H,3-15,23-24,28-35H2,1-2H3,(H,50,51)/b17-16-,22-18-,25-21+,26-19+,27-20+. The summed E-state index contributed by atoms with van der Waals surface area (Å²) in [6.07, 6.45) is 29.1. The zero-order valence-electron chi connectivity index (χ0n) is 33.9. The molecule has 0 amide bonds. The number of phosphoric ester groups is 1. The van der Waals surface area contributed by atoms with Crippen molar-refractivity contribution < 1.29 is 63.1 Å². The molecule has 0 aliphatic heterocycles. The van der Waals surface area contributed by atoms with Crippen LogP contribution in [0.1, 0.15) is 136 Å². The average Bonchev–Trinajstić information content (AvgIpc) is 3.17. The molecule has 0 aliphatic rings. The van der Waals surface area contributed by atoms with Crippen LogP contribution in [-0.4, -0.2) is 99.3 Å². The first-order chi connectivity index (χ1) is 26.9. The molecule has 0 aliphatic carbocycles. The van der Waals surface area contributed by atoms with Gasteiger partial charge < -0.3 is 39.9 Å². The molecule has 0 rings (SSSR count). The first-order valence-electron chi connectivity index (χ1n) is 20.6. The first kappa shape index (κ1) is 53.6. The van der Waals surface area contributed by atoms with Gasteiger partial charge in [-0.3, -0.25) is 18.6 Å². The van der Waals surface area contributed by atoms with Crippen molar-refractivity contribution in [2.24, 2.45) is 0 Å². The van der Waals surface area contributed by atoms with Gasteiger partial charge in [-0.1, -0.05) is 152 Å². The molecule has 6 atom stereocenters. The molecular weight excluding hydrogens is 743 g/mol. The maximum atomic E-state index is 12.6. The second-order valence-electron chi connectivity index (χ2n) is 13.9. The van der Waals surface area contributed by atoms with E-state index in [-0.39, 0.29) is 25.7 Å². The summed E-state index contributed by atoms with van der Waals surface area (Å²) >= 11 is 0. The highest BCUT2D eigenvalue weighted by Gasteiger charge is 2.27. The zero-order chi connectivity index (χ0) is 41.7. The molecule has 6 N–H and O–H groups in total. The number of hydrogen-bond donors (Lipinski definition) is 6. The summed E-state index contributed by atoms with van der Waals surface area (Å²) in [7, 11) is -4.69. The van der Waals surface area contributed by atoms with Gasteiger partial charge in [-0.15, -0.1) is 0 Å². The van der Waals surface area contributed by atoms with Crippen molar-refractivity contribution in [1.29, 1.82) is 0 Å². The lowest BCUT2D eigenvalue weighted by Crippen LogP contribution is -2.30. The van der Waals surface area contributed by atoms with Crippen LogP contribution in [-0.2, 0) is 32.7 Å². The van der Waals surface area contributed by atoms with Crippen LogP contribution in [0.5, 0.6) is 0 Å². The first-order valence-corrected chi connectivity index (χ1v) is 22.1. The van der Waals surface area contributed by atoms with Crippen LogP contribution in [0.4, 0.5) is 0 Å². The van der Waals surface area contributed by atoms with Crippen LogP contribution in [0, 0.1) is 0 Å². The number of hydrogen-bond acceptors (Lipinski definition) is 12. The number of ether oxygens (including phenoxy) is 2. The van der Waals surface area contributed by atoms with Crippen LogP contribution in [0.3, 0.4) is 0 Å². The number of allylic oxidation sites excluding steroid dienone is 6. The van der Waals surface area contributed by atoms with E-state index in [0.717, 1.165) is 19.3 Å². The summed E-state index contributed by atoms with van der Waals surface area (Å²) in [5.41, 5.74) is 0. The van der Waals surface area contributed by atoms with Crippen molar-refractivity contribution in [2.45, 2.75) is 166 Å². The van der Waals surface area contributed by atoms with E-state index in [0.29, 0.717) is 19.3 Å². The smallest absolute Gasteiger partial charge is 0.462 e. The Hall–Kier alpha value is -2.45. The van der Waals surface area contributed by atoms with Crippen molar-refractivity contribution in [2.75, 3.05) is 26.4 Å². The Morgan fingerprint density at radius 1 is 0.607 bits per heavy atom. The van der Waals surface area contributed by atoms with Gasteiger partial charge in [-0.05, 0) is 32.1 Å². The topological polar surface area (TPSA) is 210 Å². The van der Waals surface area contributed by atoms with E-state index in [9.17, 15) is 39.5 Å². The van der Waals surface area contributed by atoms with Gasteiger partial charge in [-0.25, -0.2) is 4.57 Å². The molecule has 0 aromatic rings. The van der Waals surface area contributed by atoms with E-state index in [1.807, 2.05) is 6.92 Å². The van der Waals surface area contributed by atoms with Gasteiger partial charge in [0, 0.05) is 12.8 Å². The predicted octanol–water partition coefficient (Wildman–Crippen LogP) is 7.24. The largest absolute Gasteiger partial charge is 0.472 e. The molecule has 56 heavy (non-hydrogen) atoms. The Bertz CT molecular complexity index is 1170. The Balaban J connectivity index is 4.64. The molecule has 0 saturated carbocycles. The molecule has 0 spiro atoms. The third-order valence-electron chi connectivity index (χ3n) is 8.53. The van der Waals surface area contributed by atoms with Gasteiger partial charge in [0.25, 0.3) is 0 Å². The maximum absolute atomic E-state index is 12.6. The fraction of sp³-hybridized carbons (Fsp3) is 0.714. The highest BCUT2D eigenvalue weighted by atomic mass is 31.2. The summed E-state index contributed by atoms with van der Waals surface area (Å²) < 4.78 is 32.4. The molecule has 0 radical (unpaired) electrons. The number of carbonyl (C=O) groups is 2. The molecule has 0 heterocycles. The number of aliphatic hydroxyl groups excluding tert-OH is 5. The van der Waals surface area contributed by atoms with E-state index in [1.54, 1.807) is 60.8 Å².